The lowest BCUT2D eigenvalue weighted by molar-refractivity contribution is 0.194. The lowest BCUT2D eigenvalue weighted by Gasteiger charge is -2.31. The van der Waals surface area contributed by atoms with Gasteiger partial charge in [-0.2, -0.15) is 5.10 Å². The molecule has 6 nitrogen and oxygen atoms in total. The van der Waals surface area contributed by atoms with Crippen molar-refractivity contribution in [1.82, 2.24) is 19.2 Å². The molecular formula is C31H28FN5OS. The summed E-state index contributed by atoms with van der Waals surface area (Å²) in [5, 5.41) is 8.11. The van der Waals surface area contributed by atoms with Gasteiger partial charge in [-0.1, -0.05) is 43.3 Å². The number of aromatic nitrogens is 3. The molecule has 39 heavy (non-hydrogen) atoms. The second-order valence-corrected chi connectivity index (χ2v) is 10.3. The quantitative estimate of drug-likeness (QED) is 0.241. The van der Waals surface area contributed by atoms with E-state index in [9.17, 15) is 9.18 Å². The molecule has 1 atom stereocenters. The first-order chi connectivity index (χ1) is 19.1. The fourth-order valence-corrected chi connectivity index (χ4v) is 5.70. The van der Waals surface area contributed by atoms with Crippen LogP contribution in [0.15, 0.2) is 102 Å². The number of carbonyl (C=O) groups excluding carboxylic acids is 1. The van der Waals surface area contributed by atoms with Crippen molar-refractivity contribution in [2.45, 2.75) is 30.8 Å². The second kappa shape index (κ2) is 10.5. The lowest BCUT2D eigenvalue weighted by Crippen LogP contribution is -2.38. The predicted molar refractivity (Wildman–Crippen MR) is 153 cm³/mol. The maximum atomic E-state index is 14.1. The summed E-state index contributed by atoms with van der Waals surface area (Å²) in [5.74, 6) is 0.591. The number of urea groups is 1. The highest BCUT2D eigenvalue weighted by Gasteiger charge is 2.36. The van der Waals surface area contributed by atoms with E-state index in [1.807, 2.05) is 88.8 Å². The number of halogens is 1. The molecule has 0 saturated carbocycles. The van der Waals surface area contributed by atoms with E-state index >= 15 is 0 Å². The smallest absolute Gasteiger partial charge is 0.308 e. The Hall–Kier alpha value is -4.30. The molecule has 3 heterocycles. The minimum Gasteiger partial charge on any atom is -0.308 e. The number of aryl methyl sites for hydroxylation is 1. The van der Waals surface area contributed by atoms with Crippen molar-refractivity contribution in [1.29, 1.82) is 0 Å². The summed E-state index contributed by atoms with van der Waals surface area (Å²) < 4.78 is 18.1. The number of nitrogens with zero attached hydrogens (tertiary/aromatic N) is 4. The zero-order valence-corrected chi connectivity index (χ0v) is 22.5. The Labute approximate surface area is 231 Å². The van der Waals surface area contributed by atoms with Gasteiger partial charge in [0.25, 0.3) is 0 Å². The van der Waals surface area contributed by atoms with Crippen LogP contribution >= 0.6 is 11.8 Å². The van der Waals surface area contributed by atoms with Crippen molar-refractivity contribution in [2.75, 3.05) is 11.6 Å². The first kappa shape index (κ1) is 25.0. The SMILES string of the molecule is CCc1nn(-c2ccccc2)c2c1CN(C(=O)Nc1cccc(SC)c1)[C@H](c1ccc(F)cc1)c1cccn1-2. The minimum absolute atomic E-state index is 0.238. The van der Waals surface area contributed by atoms with Crippen LogP contribution in [-0.4, -0.2) is 31.5 Å². The van der Waals surface area contributed by atoms with Gasteiger partial charge in [0.15, 0.2) is 0 Å². The van der Waals surface area contributed by atoms with E-state index in [1.165, 1.54) is 12.1 Å². The first-order valence-electron chi connectivity index (χ1n) is 12.9. The van der Waals surface area contributed by atoms with Crippen LogP contribution in [-0.2, 0) is 13.0 Å². The van der Waals surface area contributed by atoms with Crippen LogP contribution in [0.2, 0.25) is 0 Å². The van der Waals surface area contributed by atoms with Crippen LogP contribution in [0.25, 0.3) is 11.5 Å². The highest BCUT2D eigenvalue weighted by Crippen LogP contribution is 2.39. The lowest BCUT2D eigenvalue weighted by atomic mass is 10.0. The van der Waals surface area contributed by atoms with Crippen LogP contribution < -0.4 is 5.32 Å². The monoisotopic (exact) mass is 537 g/mol. The maximum Gasteiger partial charge on any atom is 0.322 e. The average Bonchev–Trinajstić information content (AvgIpc) is 3.55. The van der Waals surface area contributed by atoms with Gasteiger partial charge < -0.3 is 14.8 Å². The van der Waals surface area contributed by atoms with E-state index < -0.39 is 6.04 Å². The Kier molecular flexibility index (Phi) is 6.70. The number of benzene rings is 3. The molecule has 0 fully saturated rings. The molecule has 3 aromatic carbocycles. The van der Waals surface area contributed by atoms with Crippen molar-refractivity contribution >= 4 is 23.5 Å². The first-order valence-corrected chi connectivity index (χ1v) is 14.1. The van der Waals surface area contributed by atoms with Gasteiger partial charge in [0, 0.05) is 22.3 Å². The third kappa shape index (κ3) is 4.61. The van der Waals surface area contributed by atoms with Crippen molar-refractivity contribution < 1.29 is 9.18 Å². The van der Waals surface area contributed by atoms with E-state index in [1.54, 1.807) is 23.9 Å². The van der Waals surface area contributed by atoms with Crippen LogP contribution in [0.1, 0.15) is 35.5 Å². The van der Waals surface area contributed by atoms with Crippen molar-refractivity contribution in [2.24, 2.45) is 0 Å². The fourth-order valence-electron chi connectivity index (χ4n) is 5.24. The molecule has 2 aromatic heterocycles. The number of amides is 2. The van der Waals surface area contributed by atoms with E-state index in [2.05, 4.69) is 16.8 Å². The number of rotatable bonds is 5. The van der Waals surface area contributed by atoms with Crippen LogP contribution in [0.3, 0.4) is 0 Å². The molecule has 2 amide bonds. The molecule has 1 N–H and O–H groups in total. The Bertz CT molecular complexity index is 1630. The molecule has 0 radical (unpaired) electrons. The van der Waals surface area contributed by atoms with Gasteiger partial charge in [0.05, 0.1) is 29.7 Å². The number of thioether (sulfide) groups is 1. The highest BCUT2D eigenvalue weighted by atomic mass is 32.2. The normalized spacial score (nSPS) is 14.4. The molecule has 1 aliphatic rings. The van der Waals surface area contributed by atoms with E-state index in [0.717, 1.165) is 44.6 Å². The van der Waals surface area contributed by atoms with Gasteiger partial charge in [0.1, 0.15) is 11.6 Å². The molecule has 8 heteroatoms. The van der Waals surface area contributed by atoms with E-state index in [4.69, 9.17) is 5.10 Å². The van der Waals surface area contributed by atoms with Crippen molar-refractivity contribution in [3.63, 3.8) is 0 Å². The molecule has 0 saturated heterocycles. The van der Waals surface area contributed by atoms with Gasteiger partial charge in [-0.05, 0) is 72.8 Å². The standard InChI is InChI=1S/C31H28FN5OS/c1-3-27-26-20-36(31(38)33-23-9-7-12-25(19-23)39-2)29(21-14-16-22(32)17-15-21)28-13-8-18-35(28)30(26)37(34-27)24-10-5-4-6-11-24/h4-19,29H,3,20H2,1-2H3,(H,33,38)/t29-/m1/s1. The summed E-state index contributed by atoms with van der Waals surface area (Å²) in [7, 11) is 0. The zero-order chi connectivity index (χ0) is 26.9. The average molecular weight is 538 g/mol. The zero-order valence-electron chi connectivity index (χ0n) is 21.7. The molecule has 0 spiro atoms. The number of hydrogen-bond donors (Lipinski definition) is 1. The third-order valence-electron chi connectivity index (χ3n) is 7.07. The number of hydrogen-bond acceptors (Lipinski definition) is 3. The number of para-hydroxylation sites is 1. The Balaban J connectivity index is 1.53. The van der Waals surface area contributed by atoms with Crippen LogP contribution in [0.5, 0.6) is 0 Å². The molecule has 196 valence electrons. The van der Waals surface area contributed by atoms with Crippen molar-refractivity contribution in [3.05, 3.63) is 126 Å². The highest BCUT2D eigenvalue weighted by molar-refractivity contribution is 7.98. The molecule has 0 unspecified atom stereocenters. The molecule has 0 bridgehead atoms. The molecule has 1 aliphatic heterocycles. The summed E-state index contributed by atoms with van der Waals surface area (Å²) in [4.78, 5) is 17.0. The molecule has 5 aromatic rings. The topological polar surface area (TPSA) is 55.1 Å². The summed E-state index contributed by atoms with van der Waals surface area (Å²) in [5.41, 5.74) is 5.30. The van der Waals surface area contributed by atoms with Crippen molar-refractivity contribution in [3.8, 4) is 11.5 Å². The number of fused-ring (bicyclic) bond motifs is 3. The third-order valence-corrected chi connectivity index (χ3v) is 7.80. The molecular weight excluding hydrogens is 509 g/mol. The largest absolute Gasteiger partial charge is 0.322 e. The van der Waals surface area contributed by atoms with Gasteiger partial charge in [-0.25, -0.2) is 13.9 Å². The van der Waals surface area contributed by atoms with E-state index in [0.29, 0.717) is 13.0 Å². The summed E-state index contributed by atoms with van der Waals surface area (Å²) in [6, 6.07) is 27.5. The fraction of sp³-hybridized carbons (Fsp3) is 0.161. The molecule has 0 aliphatic carbocycles. The van der Waals surface area contributed by atoms with Gasteiger partial charge >= 0.3 is 6.03 Å². The molecule has 6 rings (SSSR count). The summed E-state index contributed by atoms with van der Waals surface area (Å²) in [6.45, 7) is 2.41. The number of carbonyl (C=O) groups is 1. The summed E-state index contributed by atoms with van der Waals surface area (Å²) >= 11 is 1.62. The number of nitrogens with one attached hydrogen (secondary N) is 1. The Morgan fingerprint density at radius 3 is 2.56 bits per heavy atom. The van der Waals surface area contributed by atoms with Crippen LogP contribution in [0.4, 0.5) is 14.9 Å². The minimum atomic E-state index is -0.453. The second-order valence-electron chi connectivity index (χ2n) is 9.40. The van der Waals surface area contributed by atoms with Crippen LogP contribution in [0, 0.1) is 5.82 Å². The Morgan fingerprint density at radius 1 is 1.03 bits per heavy atom. The van der Waals surface area contributed by atoms with Gasteiger partial charge in [-0.3, -0.25) is 0 Å². The summed E-state index contributed by atoms with van der Waals surface area (Å²) in [6.07, 6.45) is 4.73. The van der Waals surface area contributed by atoms with Gasteiger partial charge in [-0.15, -0.1) is 11.8 Å². The predicted octanol–water partition coefficient (Wildman–Crippen LogP) is 7.22. The Morgan fingerprint density at radius 2 is 1.82 bits per heavy atom. The van der Waals surface area contributed by atoms with Gasteiger partial charge in [0.2, 0.25) is 0 Å². The maximum absolute atomic E-state index is 14.1. The van der Waals surface area contributed by atoms with E-state index in [-0.39, 0.29) is 11.8 Å². The number of anilines is 1.